The summed E-state index contributed by atoms with van der Waals surface area (Å²) in [4.78, 5) is 0.104. The van der Waals surface area contributed by atoms with Crippen LogP contribution in [-0.2, 0) is 10.0 Å². The maximum absolute atomic E-state index is 11.2. The number of sulfonamides is 1. The highest BCUT2D eigenvalue weighted by Gasteiger charge is 2.12. The molecule has 0 spiro atoms. The third-order valence-corrected chi connectivity index (χ3v) is 4.22. The Balaban J connectivity index is 2.99. The van der Waals surface area contributed by atoms with E-state index in [0.29, 0.717) is 16.4 Å². The molecule has 6 heteroatoms. The van der Waals surface area contributed by atoms with E-state index in [9.17, 15) is 8.42 Å². The SMILES string of the molecule is CC(C)C(C)Nc1ccc(S(N)(=O)=O)cc1Br. The molecule has 1 aromatic rings. The van der Waals surface area contributed by atoms with Crippen molar-refractivity contribution in [3.8, 4) is 0 Å². The summed E-state index contributed by atoms with van der Waals surface area (Å²) >= 11 is 3.33. The maximum atomic E-state index is 11.2. The lowest BCUT2D eigenvalue weighted by molar-refractivity contribution is 0.559. The van der Waals surface area contributed by atoms with Crippen molar-refractivity contribution in [1.82, 2.24) is 0 Å². The largest absolute Gasteiger partial charge is 0.381 e. The third kappa shape index (κ3) is 3.97. The monoisotopic (exact) mass is 320 g/mol. The molecule has 0 aliphatic heterocycles. The number of halogens is 1. The van der Waals surface area contributed by atoms with Crippen molar-refractivity contribution < 1.29 is 8.42 Å². The Morgan fingerprint density at radius 2 is 1.88 bits per heavy atom. The second-order valence-corrected chi connectivity index (χ2v) is 6.78. The van der Waals surface area contributed by atoms with E-state index in [0.717, 1.165) is 5.69 Å². The first-order chi connectivity index (χ1) is 7.71. The topological polar surface area (TPSA) is 72.2 Å². The molecule has 1 rings (SSSR count). The van der Waals surface area contributed by atoms with Gasteiger partial charge in [-0.25, -0.2) is 13.6 Å². The fraction of sp³-hybridized carbons (Fsp3) is 0.455. The minimum absolute atomic E-state index is 0.104. The van der Waals surface area contributed by atoms with Gasteiger partial charge in [-0.2, -0.15) is 0 Å². The zero-order chi connectivity index (χ0) is 13.2. The molecule has 3 N–H and O–H groups in total. The average Bonchev–Trinajstić information content (AvgIpc) is 2.19. The second kappa shape index (κ2) is 5.37. The second-order valence-electron chi connectivity index (χ2n) is 4.36. The highest BCUT2D eigenvalue weighted by molar-refractivity contribution is 9.10. The van der Waals surface area contributed by atoms with Crippen LogP contribution in [0.2, 0.25) is 0 Å². The summed E-state index contributed by atoms with van der Waals surface area (Å²) in [5.74, 6) is 0.486. The van der Waals surface area contributed by atoms with Crippen LogP contribution < -0.4 is 10.5 Å². The van der Waals surface area contributed by atoms with Gasteiger partial charge in [0.15, 0.2) is 0 Å². The highest BCUT2D eigenvalue weighted by atomic mass is 79.9. The van der Waals surface area contributed by atoms with Gasteiger partial charge in [0, 0.05) is 16.2 Å². The Kier molecular flexibility index (Phi) is 4.57. The fourth-order valence-electron chi connectivity index (χ4n) is 1.20. The number of benzene rings is 1. The molecule has 0 saturated heterocycles. The van der Waals surface area contributed by atoms with Crippen LogP contribution in [0.1, 0.15) is 20.8 Å². The van der Waals surface area contributed by atoms with Gasteiger partial charge in [0.05, 0.1) is 4.90 Å². The van der Waals surface area contributed by atoms with Crippen molar-refractivity contribution in [3.63, 3.8) is 0 Å². The summed E-state index contributed by atoms with van der Waals surface area (Å²) < 4.78 is 23.0. The predicted octanol–water partition coefficient (Wildman–Crippen LogP) is 2.55. The van der Waals surface area contributed by atoms with Gasteiger partial charge in [0.25, 0.3) is 0 Å². The van der Waals surface area contributed by atoms with E-state index in [4.69, 9.17) is 5.14 Å². The number of hydrogen-bond donors (Lipinski definition) is 2. The molecule has 0 aliphatic carbocycles. The smallest absolute Gasteiger partial charge is 0.238 e. The summed E-state index contributed by atoms with van der Waals surface area (Å²) in [6.07, 6.45) is 0. The van der Waals surface area contributed by atoms with Crippen LogP contribution in [-0.4, -0.2) is 14.5 Å². The van der Waals surface area contributed by atoms with Crippen LogP contribution >= 0.6 is 15.9 Å². The minimum atomic E-state index is -3.64. The average molecular weight is 321 g/mol. The van der Waals surface area contributed by atoms with Crippen molar-refractivity contribution in [1.29, 1.82) is 0 Å². The highest BCUT2D eigenvalue weighted by Crippen LogP contribution is 2.26. The molecular formula is C11H17BrN2O2S. The third-order valence-electron chi connectivity index (χ3n) is 2.65. The van der Waals surface area contributed by atoms with Crippen molar-refractivity contribution >= 4 is 31.6 Å². The van der Waals surface area contributed by atoms with E-state index in [2.05, 4.69) is 42.0 Å². The lowest BCUT2D eigenvalue weighted by Gasteiger charge is -2.20. The molecule has 17 heavy (non-hydrogen) atoms. The standard InChI is InChI=1S/C11H17BrN2O2S/c1-7(2)8(3)14-11-5-4-9(6-10(11)12)17(13,15)16/h4-8,14H,1-3H3,(H2,13,15,16). The van der Waals surface area contributed by atoms with Gasteiger partial charge < -0.3 is 5.32 Å². The van der Waals surface area contributed by atoms with Crippen molar-refractivity contribution in [3.05, 3.63) is 22.7 Å². The van der Waals surface area contributed by atoms with Gasteiger partial charge in [0.1, 0.15) is 0 Å². The quantitative estimate of drug-likeness (QED) is 0.895. The van der Waals surface area contributed by atoms with E-state index in [-0.39, 0.29) is 4.90 Å². The Hall–Kier alpha value is -0.590. The molecule has 0 amide bonds. The normalized spacial score (nSPS) is 13.8. The summed E-state index contributed by atoms with van der Waals surface area (Å²) in [6.45, 7) is 6.30. The maximum Gasteiger partial charge on any atom is 0.238 e. The Bertz CT molecular complexity index is 500. The summed E-state index contributed by atoms with van der Waals surface area (Å²) in [7, 11) is -3.64. The molecule has 4 nitrogen and oxygen atoms in total. The van der Waals surface area contributed by atoms with Crippen LogP contribution in [0.3, 0.4) is 0 Å². The molecule has 1 aromatic carbocycles. The van der Waals surface area contributed by atoms with Gasteiger partial charge >= 0.3 is 0 Å². The number of nitrogens with two attached hydrogens (primary N) is 1. The van der Waals surface area contributed by atoms with E-state index in [1.54, 1.807) is 6.07 Å². The number of nitrogens with one attached hydrogen (secondary N) is 1. The molecular weight excluding hydrogens is 304 g/mol. The van der Waals surface area contributed by atoms with Crippen molar-refractivity contribution in [2.24, 2.45) is 11.1 Å². The van der Waals surface area contributed by atoms with Crippen LogP contribution in [0.15, 0.2) is 27.6 Å². The molecule has 0 saturated carbocycles. The first-order valence-electron chi connectivity index (χ1n) is 5.30. The first kappa shape index (κ1) is 14.5. The Morgan fingerprint density at radius 3 is 2.29 bits per heavy atom. The van der Waals surface area contributed by atoms with Crippen LogP contribution in [0.25, 0.3) is 0 Å². The molecule has 0 bridgehead atoms. The van der Waals surface area contributed by atoms with Crippen LogP contribution in [0.4, 0.5) is 5.69 Å². The van der Waals surface area contributed by atoms with Gasteiger partial charge in [0.2, 0.25) is 10.0 Å². The predicted molar refractivity (Wildman–Crippen MR) is 73.4 cm³/mol. The summed E-state index contributed by atoms with van der Waals surface area (Å²) in [5, 5.41) is 8.36. The van der Waals surface area contributed by atoms with Gasteiger partial charge in [-0.15, -0.1) is 0 Å². The van der Waals surface area contributed by atoms with Gasteiger partial charge in [-0.1, -0.05) is 13.8 Å². The van der Waals surface area contributed by atoms with Gasteiger partial charge in [-0.3, -0.25) is 0 Å². The lowest BCUT2D eigenvalue weighted by atomic mass is 10.1. The lowest BCUT2D eigenvalue weighted by Crippen LogP contribution is -2.21. The summed E-state index contributed by atoms with van der Waals surface area (Å²) in [5.41, 5.74) is 0.860. The number of rotatable bonds is 4. The molecule has 0 aromatic heterocycles. The molecule has 0 fully saturated rings. The van der Waals surface area contributed by atoms with Crippen LogP contribution in [0.5, 0.6) is 0 Å². The Morgan fingerprint density at radius 1 is 1.29 bits per heavy atom. The zero-order valence-corrected chi connectivity index (χ0v) is 12.5. The van der Waals surface area contributed by atoms with Crippen LogP contribution in [0, 0.1) is 5.92 Å². The molecule has 1 atom stereocenters. The van der Waals surface area contributed by atoms with Crippen molar-refractivity contribution in [2.45, 2.75) is 31.7 Å². The number of hydrogen-bond acceptors (Lipinski definition) is 3. The van der Waals surface area contributed by atoms with E-state index >= 15 is 0 Å². The molecule has 1 unspecified atom stereocenters. The molecule has 0 aliphatic rings. The Labute approximate surface area is 111 Å². The minimum Gasteiger partial charge on any atom is -0.381 e. The molecule has 96 valence electrons. The first-order valence-corrected chi connectivity index (χ1v) is 7.64. The number of anilines is 1. The molecule has 0 radical (unpaired) electrons. The van der Waals surface area contributed by atoms with E-state index in [1.807, 2.05) is 0 Å². The van der Waals surface area contributed by atoms with Crippen molar-refractivity contribution in [2.75, 3.05) is 5.32 Å². The fourth-order valence-corrected chi connectivity index (χ4v) is 2.39. The number of primary sulfonamides is 1. The zero-order valence-electron chi connectivity index (χ0n) is 10.1. The van der Waals surface area contributed by atoms with E-state index in [1.165, 1.54) is 12.1 Å². The molecule has 0 heterocycles. The van der Waals surface area contributed by atoms with Gasteiger partial charge in [-0.05, 0) is 47.0 Å². The van der Waals surface area contributed by atoms with E-state index < -0.39 is 10.0 Å². The summed E-state index contributed by atoms with van der Waals surface area (Å²) in [6, 6.07) is 5.01.